The third-order valence-electron chi connectivity index (χ3n) is 2.74. The molecule has 0 aliphatic heterocycles. The van der Waals surface area contributed by atoms with E-state index in [-0.39, 0.29) is 4.90 Å². The Kier molecular flexibility index (Phi) is 4.65. The van der Waals surface area contributed by atoms with Crippen LogP contribution in [0.4, 0.5) is 5.69 Å². The minimum atomic E-state index is -3.23. The van der Waals surface area contributed by atoms with Crippen LogP contribution in [0.2, 0.25) is 5.02 Å². The number of para-hydroxylation sites is 1. The third-order valence-corrected chi connectivity index (χ3v) is 4.20. The number of anilines is 1. The van der Waals surface area contributed by atoms with Gasteiger partial charge in [-0.3, -0.25) is 0 Å². The molecule has 0 heterocycles. The second-order valence-corrected chi connectivity index (χ2v) is 6.79. The zero-order chi connectivity index (χ0) is 14.6. The summed E-state index contributed by atoms with van der Waals surface area (Å²) in [6, 6.07) is 14.4. The molecule has 0 amide bonds. The van der Waals surface area contributed by atoms with Crippen LogP contribution in [-0.2, 0) is 16.4 Å². The Hall–Kier alpha value is -1.56. The summed E-state index contributed by atoms with van der Waals surface area (Å²) in [4.78, 5) is 0.224. The van der Waals surface area contributed by atoms with Crippen LogP contribution in [-0.4, -0.2) is 14.7 Å². The zero-order valence-corrected chi connectivity index (χ0v) is 12.5. The van der Waals surface area contributed by atoms with Gasteiger partial charge >= 0.3 is 0 Å². The molecule has 20 heavy (non-hydrogen) atoms. The monoisotopic (exact) mass is 310 g/mol. The molecule has 0 aromatic heterocycles. The van der Waals surface area contributed by atoms with Crippen LogP contribution in [0.3, 0.4) is 0 Å². The number of hydrogen-bond donors (Lipinski definition) is 2. The number of rotatable bonds is 5. The minimum absolute atomic E-state index is 0.224. The molecule has 0 unspecified atom stereocenters. The standard InChI is InChI=1S/C14H15ClN2O2S/c1-20(18,19)13-8-7-11(14(15)9-13)10-16-17-12-5-3-2-4-6-12/h2-9,16-17H,10H2,1H3. The Morgan fingerprint density at radius 2 is 1.80 bits per heavy atom. The molecule has 2 aromatic carbocycles. The van der Waals surface area contributed by atoms with Gasteiger partial charge in [0.15, 0.2) is 9.84 Å². The molecule has 0 aliphatic carbocycles. The first-order chi connectivity index (χ1) is 9.47. The Morgan fingerprint density at radius 3 is 2.40 bits per heavy atom. The summed E-state index contributed by atoms with van der Waals surface area (Å²) in [5.74, 6) is 0. The highest BCUT2D eigenvalue weighted by atomic mass is 35.5. The summed E-state index contributed by atoms with van der Waals surface area (Å²) in [6.45, 7) is 0.484. The number of halogens is 1. The van der Waals surface area contributed by atoms with Gasteiger partial charge in [-0.25, -0.2) is 13.8 Å². The van der Waals surface area contributed by atoms with E-state index in [1.807, 2.05) is 30.3 Å². The topological polar surface area (TPSA) is 58.2 Å². The van der Waals surface area contributed by atoms with Gasteiger partial charge in [-0.1, -0.05) is 35.9 Å². The molecule has 0 atom stereocenters. The molecular formula is C14H15ClN2O2S. The SMILES string of the molecule is CS(=O)(=O)c1ccc(CNNc2ccccc2)c(Cl)c1. The lowest BCUT2D eigenvalue weighted by molar-refractivity contribution is 0.602. The molecule has 106 valence electrons. The molecule has 4 nitrogen and oxygen atoms in total. The van der Waals surface area contributed by atoms with Gasteiger partial charge in [-0.2, -0.15) is 0 Å². The molecule has 0 spiro atoms. The molecule has 0 saturated heterocycles. The molecule has 0 fully saturated rings. The Morgan fingerprint density at radius 1 is 1.10 bits per heavy atom. The molecule has 2 aromatic rings. The van der Waals surface area contributed by atoms with E-state index in [1.165, 1.54) is 6.07 Å². The van der Waals surface area contributed by atoms with E-state index in [0.29, 0.717) is 11.6 Å². The lowest BCUT2D eigenvalue weighted by Gasteiger charge is -2.10. The maximum absolute atomic E-state index is 11.4. The third kappa shape index (κ3) is 3.96. The predicted molar refractivity (Wildman–Crippen MR) is 81.5 cm³/mol. The van der Waals surface area contributed by atoms with Gasteiger partial charge in [-0.05, 0) is 29.8 Å². The van der Waals surface area contributed by atoms with Crippen LogP contribution in [0.15, 0.2) is 53.4 Å². The molecule has 2 rings (SSSR count). The van der Waals surface area contributed by atoms with E-state index < -0.39 is 9.84 Å². The molecule has 0 aliphatic rings. The molecule has 0 radical (unpaired) electrons. The number of sulfone groups is 1. The second kappa shape index (κ2) is 6.26. The Balaban J connectivity index is 2.00. The zero-order valence-electron chi connectivity index (χ0n) is 10.9. The van der Waals surface area contributed by atoms with Crippen molar-refractivity contribution in [3.63, 3.8) is 0 Å². The summed E-state index contributed by atoms with van der Waals surface area (Å²) < 4.78 is 22.8. The van der Waals surface area contributed by atoms with Gasteiger partial charge in [-0.15, -0.1) is 0 Å². The molecule has 2 N–H and O–H groups in total. The number of hydrazine groups is 1. The van der Waals surface area contributed by atoms with Crippen molar-refractivity contribution in [2.24, 2.45) is 0 Å². The van der Waals surface area contributed by atoms with Crippen LogP contribution < -0.4 is 10.9 Å². The summed E-state index contributed by atoms with van der Waals surface area (Å²) in [7, 11) is -3.23. The fraction of sp³-hybridized carbons (Fsp3) is 0.143. The fourth-order valence-corrected chi connectivity index (χ4v) is 2.62. The van der Waals surface area contributed by atoms with Gasteiger partial charge in [0.2, 0.25) is 0 Å². The van der Waals surface area contributed by atoms with E-state index in [4.69, 9.17) is 11.6 Å². The highest BCUT2D eigenvalue weighted by Crippen LogP contribution is 2.20. The van der Waals surface area contributed by atoms with Gasteiger partial charge in [0.05, 0.1) is 4.90 Å². The molecule has 0 bridgehead atoms. The largest absolute Gasteiger partial charge is 0.321 e. The van der Waals surface area contributed by atoms with E-state index in [1.54, 1.807) is 12.1 Å². The van der Waals surface area contributed by atoms with E-state index in [2.05, 4.69) is 10.9 Å². The van der Waals surface area contributed by atoms with Gasteiger partial charge in [0, 0.05) is 23.5 Å². The summed E-state index contributed by atoms with van der Waals surface area (Å²) in [5.41, 5.74) is 7.83. The maximum atomic E-state index is 11.4. The van der Waals surface area contributed by atoms with Gasteiger partial charge in [0.1, 0.15) is 0 Å². The van der Waals surface area contributed by atoms with Crippen molar-refractivity contribution in [1.29, 1.82) is 0 Å². The number of benzene rings is 2. The summed E-state index contributed by atoms with van der Waals surface area (Å²) in [5, 5.41) is 0.426. The van der Waals surface area contributed by atoms with Crippen molar-refractivity contribution in [2.75, 3.05) is 11.7 Å². The number of hydrogen-bond acceptors (Lipinski definition) is 4. The van der Waals surface area contributed by atoms with Gasteiger partial charge in [0.25, 0.3) is 0 Å². The van der Waals surface area contributed by atoms with Crippen LogP contribution in [0.5, 0.6) is 0 Å². The fourth-order valence-electron chi connectivity index (χ4n) is 1.67. The summed E-state index contributed by atoms with van der Waals surface area (Å²) in [6.07, 6.45) is 1.16. The highest BCUT2D eigenvalue weighted by molar-refractivity contribution is 7.90. The van der Waals surface area contributed by atoms with Crippen molar-refractivity contribution < 1.29 is 8.42 Å². The van der Waals surface area contributed by atoms with E-state index >= 15 is 0 Å². The highest BCUT2D eigenvalue weighted by Gasteiger charge is 2.09. The minimum Gasteiger partial charge on any atom is -0.321 e. The van der Waals surface area contributed by atoms with Crippen LogP contribution in [0.1, 0.15) is 5.56 Å². The second-order valence-electron chi connectivity index (χ2n) is 4.37. The van der Waals surface area contributed by atoms with Crippen molar-refractivity contribution >= 4 is 27.1 Å². The first-order valence-electron chi connectivity index (χ1n) is 5.99. The van der Waals surface area contributed by atoms with E-state index in [0.717, 1.165) is 17.5 Å². The lowest BCUT2D eigenvalue weighted by Crippen LogP contribution is -2.21. The molecular weight excluding hydrogens is 296 g/mol. The Bertz CT molecular complexity index is 688. The van der Waals surface area contributed by atoms with Crippen molar-refractivity contribution in [1.82, 2.24) is 5.43 Å². The predicted octanol–water partition coefficient (Wildman–Crippen LogP) is 2.86. The van der Waals surface area contributed by atoms with Gasteiger partial charge < -0.3 is 5.43 Å². The summed E-state index contributed by atoms with van der Waals surface area (Å²) >= 11 is 6.08. The van der Waals surface area contributed by atoms with Crippen molar-refractivity contribution in [3.05, 3.63) is 59.1 Å². The normalized spacial score (nSPS) is 11.3. The average Bonchev–Trinajstić information content (AvgIpc) is 2.40. The van der Waals surface area contributed by atoms with E-state index in [9.17, 15) is 8.42 Å². The maximum Gasteiger partial charge on any atom is 0.175 e. The average molecular weight is 311 g/mol. The van der Waals surface area contributed by atoms with Crippen LogP contribution in [0, 0.1) is 0 Å². The van der Waals surface area contributed by atoms with Crippen molar-refractivity contribution in [2.45, 2.75) is 11.4 Å². The van der Waals surface area contributed by atoms with Crippen LogP contribution in [0.25, 0.3) is 0 Å². The smallest absolute Gasteiger partial charge is 0.175 e. The van der Waals surface area contributed by atoms with Crippen LogP contribution >= 0.6 is 11.6 Å². The first kappa shape index (κ1) is 14.8. The number of nitrogens with one attached hydrogen (secondary N) is 2. The Labute approximate surface area is 123 Å². The van der Waals surface area contributed by atoms with Crippen molar-refractivity contribution in [3.8, 4) is 0 Å². The lowest BCUT2D eigenvalue weighted by atomic mass is 10.2. The molecule has 0 saturated carbocycles. The molecule has 6 heteroatoms. The first-order valence-corrected chi connectivity index (χ1v) is 8.26. The quantitative estimate of drug-likeness (QED) is 0.834.